The summed E-state index contributed by atoms with van der Waals surface area (Å²) in [6.07, 6.45) is 11.0. The van der Waals surface area contributed by atoms with Gasteiger partial charge in [-0.3, -0.25) is 6.08 Å². The first kappa shape index (κ1) is 36.0. The van der Waals surface area contributed by atoms with Crippen molar-refractivity contribution in [3.8, 4) is 11.1 Å². The molecular weight excluding hydrogens is 510 g/mol. The Hall–Kier alpha value is -1.97. The van der Waals surface area contributed by atoms with E-state index in [9.17, 15) is 0 Å². The molecule has 1 unspecified atom stereocenters. The van der Waals surface area contributed by atoms with Crippen molar-refractivity contribution in [3.05, 3.63) is 127 Å². The van der Waals surface area contributed by atoms with Crippen LogP contribution < -0.4 is 5.19 Å². The fraction of sp³-hybridized carbons (Fsp3) is 0.343. The second-order valence-electron chi connectivity index (χ2n) is 9.71. The molecule has 0 aliphatic heterocycles. The fourth-order valence-corrected chi connectivity index (χ4v) is 4.45. The maximum absolute atomic E-state index is 7.41. The monoisotopic (exact) mass is 557 g/mol. The van der Waals surface area contributed by atoms with Crippen LogP contribution >= 0.6 is 0 Å². The predicted molar refractivity (Wildman–Crippen MR) is 169 cm³/mol. The molecule has 0 amide bonds. The second-order valence-corrected chi connectivity index (χ2v) is 10.5. The van der Waals surface area contributed by atoms with Gasteiger partial charge in [0.1, 0.15) is 0 Å². The quantitative estimate of drug-likeness (QED) is 0.162. The minimum absolute atomic E-state index is 0. The first-order valence-electron chi connectivity index (χ1n) is 13.3. The minimum Gasteiger partial charge on any atom is -0.675 e. The molecule has 0 spiro atoms. The van der Waals surface area contributed by atoms with Crippen LogP contribution in [0, 0.1) is 19.4 Å². The summed E-state index contributed by atoms with van der Waals surface area (Å²) >= 11 is 0. The van der Waals surface area contributed by atoms with Gasteiger partial charge in [-0.2, -0.15) is 11.1 Å². The number of allylic oxidation sites excluding steroid dienone is 4. The molecule has 3 aromatic carbocycles. The predicted octanol–water partition coefficient (Wildman–Crippen LogP) is 9.23. The van der Waals surface area contributed by atoms with Gasteiger partial charge in [0.2, 0.25) is 0 Å². The molecule has 1 N–H and O–H groups in total. The molecule has 2 aliphatic carbocycles. The molecule has 0 aromatic heterocycles. The van der Waals surface area contributed by atoms with Gasteiger partial charge in [0.15, 0.2) is 0 Å². The van der Waals surface area contributed by atoms with E-state index >= 15 is 0 Å². The van der Waals surface area contributed by atoms with Gasteiger partial charge in [-0.25, -0.2) is 5.57 Å². The Labute approximate surface area is 252 Å². The molecule has 5 rings (SSSR count). The zero-order chi connectivity index (χ0) is 26.2. The van der Waals surface area contributed by atoms with E-state index in [1.54, 1.807) is 0 Å². The molecule has 0 heterocycles. The van der Waals surface area contributed by atoms with Crippen molar-refractivity contribution < 1.29 is 21.7 Å². The molecule has 1 saturated carbocycles. The summed E-state index contributed by atoms with van der Waals surface area (Å²) in [5.41, 5.74) is 14.2. The van der Waals surface area contributed by atoms with Gasteiger partial charge in [-0.15, -0.1) is 13.0 Å². The summed E-state index contributed by atoms with van der Waals surface area (Å²) in [4.78, 5) is 0. The number of rotatable bonds is 1. The van der Waals surface area contributed by atoms with Gasteiger partial charge in [-0.1, -0.05) is 161 Å². The van der Waals surface area contributed by atoms with Crippen LogP contribution in [0.1, 0.15) is 66.2 Å². The van der Waals surface area contributed by atoms with Crippen LogP contribution in [0.25, 0.3) is 16.9 Å². The van der Waals surface area contributed by atoms with Gasteiger partial charge in [0.05, 0.1) is 0 Å². The number of nitrogens with one attached hydrogen (secondary N) is 1. The summed E-state index contributed by atoms with van der Waals surface area (Å²) in [6.45, 7) is 8.67. The van der Waals surface area contributed by atoms with E-state index in [1.165, 1.54) is 58.7 Å². The molecule has 0 saturated heterocycles. The standard InChI is InChI=1S/C12H10.C9H13.C7H14N.C6H7Si.CH3.Ti/c1-3-7-11(8-4-1)12-9-5-2-6-10-12;1-6-5-7(2)9(4)8(6)3;8-7-5-3-1-2-4-6-7;7-6-4-2-1-3-5-6;;/h1-10H;6H,1-4H3;7-8H,1-6H2;1-5H,7H2;1H3;/q;2*-1;;-1;+3. The third-order valence-corrected chi connectivity index (χ3v) is 7.29. The molecule has 2 radical (unpaired) electrons. The van der Waals surface area contributed by atoms with E-state index in [0.717, 1.165) is 12.8 Å². The van der Waals surface area contributed by atoms with Gasteiger partial charge < -0.3 is 13.2 Å². The van der Waals surface area contributed by atoms with E-state index in [2.05, 4.69) is 94.4 Å². The van der Waals surface area contributed by atoms with Crippen molar-refractivity contribution in [1.82, 2.24) is 0 Å². The molecule has 2 aliphatic rings. The van der Waals surface area contributed by atoms with Crippen LogP contribution in [0.4, 0.5) is 0 Å². The third kappa shape index (κ3) is 14.3. The number of benzene rings is 3. The van der Waals surface area contributed by atoms with E-state index in [1.807, 2.05) is 40.6 Å². The Kier molecular flexibility index (Phi) is 19.8. The minimum atomic E-state index is 0. The summed E-state index contributed by atoms with van der Waals surface area (Å²) in [5, 5.41) is 1.35. The summed E-state index contributed by atoms with van der Waals surface area (Å²) in [7, 11) is 1.90. The normalized spacial score (nSPS) is 16.4. The Morgan fingerprint density at radius 2 is 1.08 bits per heavy atom. The first-order valence-corrected chi connectivity index (χ1v) is 14.1. The van der Waals surface area contributed by atoms with Crippen LogP contribution in [0.2, 0.25) is 0 Å². The number of hydrogen-bond acceptors (Lipinski definition) is 0. The van der Waals surface area contributed by atoms with Crippen molar-refractivity contribution >= 4 is 15.4 Å². The van der Waals surface area contributed by atoms with E-state index in [-0.39, 0.29) is 35.2 Å². The van der Waals surface area contributed by atoms with Crippen molar-refractivity contribution in [2.45, 2.75) is 72.3 Å². The average Bonchev–Trinajstić information content (AvgIpc) is 3.07. The summed E-state index contributed by atoms with van der Waals surface area (Å²) in [5.74, 6) is 0.560. The van der Waals surface area contributed by atoms with Crippen LogP contribution in [0.3, 0.4) is 0 Å². The van der Waals surface area contributed by atoms with Crippen molar-refractivity contribution in [1.29, 1.82) is 0 Å². The van der Waals surface area contributed by atoms with E-state index in [4.69, 9.17) is 5.73 Å². The zero-order valence-electron chi connectivity index (χ0n) is 24.3. The SMILES string of the molecule is CC1=[C-]C(C)C(C)=C1C.[CH3-].[NH-]C1CCCCCC1.[SiH2]c1ccccc1.[Ti+3].c1ccc(-c2ccccc2)cc1. The molecule has 3 heteroatoms. The van der Waals surface area contributed by atoms with Gasteiger partial charge in [-0.05, 0) is 11.1 Å². The summed E-state index contributed by atoms with van der Waals surface area (Å²) in [6, 6.07) is 31.4. The first-order chi connectivity index (χ1) is 17.4. The Bertz CT molecular complexity index is 1000. The molecule has 1 fully saturated rings. The molecule has 0 bridgehead atoms. The van der Waals surface area contributed by atoms with Crippen LogP contribution in [-0.2, 0) is 21.7 Å². The fourth-order valence-electron chi connectivity index (χ4n) is 4.18. The molecule has 1 nitrogen and oxygen atoms in total. The Morgan fingerprint density at radius 3 is 1.34 bits per heavy atom. The third-order valence-electron chi connectivity index (χ3n) is 6.82. The number of hydrogen-bond donors (Lipinski definition) is 0. The largest absolute Gasteiger partial charge is 3.00 e. The van der Waals surface area contributed by atoms with E-state index in [0.29, 0.717) is 5.92 Å². The molecule has 38 heavy (non-hydrogen) atoms. The Morgan fingerprint density at radius 1 is 0.684 bits per heavy atom. The van der Waals surface area contributed by atoms with Crippen molar-refractivity contribution in [2.24, 2.45) is 5.92 Å². The topological polar surface area (TPSA) is 23.8 Å². The smallest absolute Gasteiger partial charge is 0.675 e. The molecule has 200 valence electrons. The zero-order valence-corrected chi connectivity index (χ0v) is 27.2. The maximum atomic E-state index is 7.41. The Balaban J connectivity index is 0.000000482. The van der Waals surface area contributed by atoms with E-state index < -0.39 is 0 Å². The van der Waals surface area contributed by atoms with Crippen molar-refractivity contribution in [2.75, 3.05) is 0 Å². The van der Waals surface area contributed by atoms with Gasteiger partial charge >= 0.3 is 21.7 Å². The molecule has 3 aromatic rings. The van der Waals surface area contributed by atoms with Crippen LogP contribution in [0.5, 0.6) is 0 Å². The van der Waals surface area contributed by atoms with Gasteiger partial charge in [0, 0.05) is 10.2 Å². The maximum Gasteiger partial charge on any atom is 3.00 e. The summed E-state index contributed by atoms with van der Waals surface area (Å²) < 4.78 is 0. The molecule has 1 atom stereocenters. The average molecular weight is 558 g/mol. The van der Waals surface area contributed by atoms with Crippen LogP contribution in [0.15, 0.2) is 108 Å². The second kappa shape index (κ2) is 20.9. The van der Waals surface area contributed by atoms with Crippen molar-refractivity contribution in [3.63, 3.8) is 0 Å². The molecular formula is C35H47NSiTi. The van der Waals surface area contributed by atoms with Gasteiger partial charge in [0.25, 0.3) is 0 Å². The van der Waals surface area contributed by atoms with Crippen LogP contribution in [-0.4, -0.2) is 16.3 Å².